The zero-order valence-electron chi connectivity index (χ0n) is 15.7. The van der Waals surface area contributed by atoms with Crippen molar-refractivity contribution in [1.82, 2.24) is 4.57 Å². The number of fused-ring (bicyclic) bond motifs is 1. The monoisotopic (exact) mass is 431 g/mol. The standard InChI is InChI=1S/C21H19Cl2N3O3/c1-11-7-17-19(21(27)26(11)10-13-3-2-6-28-13)18(14(9-24)20(25)29-17)12-4-5-15(22)16(23)8-12/h4-5,7-8,13,18H,2-3,6,10,25H2,1H3/t13-,18+/m0/s1. The first-order valence-electron chi connectivity index (χ1n) is 9.29. The average Bonchev–Trinajstić information content (AvgIpc) is 3.19. The molecule has 3 heterocycles. The fourth-order valence-corrected chi connectivity index (χ4v) is 4.24. The molecule has 0 amide bonds. The molecule has 1 fully saturated rings. The molecule has 4 rings (SSSR count). The summed E-state index contributed by atoms with van der Waals surface area (Å²) >= 11 is 12.3. The van der Waals surface area contributed by atoms with Crippen LogP contribution in [0.1, 0.15) is 35.6 Å². The Labute approximate surface area is 178 Å². The number of benzene rings is 1. The zero-order valence-corrected chi connectivity index (χ0v) is 17.3. The summed E-state index contributed by atoms with van der Waals surface area (Å²) < 4.78 is 13.0. The summed E-state index contributed by atoms with van der Waals surface area (Å²) in [7, 11) is 0. The van der Waals surface area contributed by atoms with Crippen LogP contribution in [0.3, 0.4) is 0 Å². The van der Waals surface area contributed by atoms with Crippen LogP contribution in [0.4, 0.5) is 0 Å². The minimum Gasteiger partial charge on any atom is -0.440 e. The molecule has 1 aromatic heterocycles. The third-order valence-corrected chi connectivity index (χ3v) is 6.12. The van der Waals surface area contributed by atoms with Crippen molar-refractivity contribution in [3.8, 4) is 11.8 Å². The summed E-state index contributed by atoms with van der Waals surface area (Å²) in [5.41, 5.74) is 7.70. The first-order valence-corrected chi connectivity index (χ1v) is 10.0. The maximum atomic E-state index is 13.5. The van der Waals surface area contributed by atoms with Crippen LogP contribution in [0, 0.1) is 18.3 Å². The molecule has 0 radical (unpaired) electrons. The van der Waals surface area contributed by atoms with Gasteiger partial charge in [-0.25, -0.2) is 0 Å². The Morgan fingerprint density at radius 2 is 2.10 bits per heavy atom. The van der Waals surface area contributed by atoms with Crippen molar-refractivity contribution in [1.29, 1.82) is 5.26 Å². The molecule has 0 bridgehead atoms. The lowest BCUT2D eigenvalue weighted by Crippen LogP contribution is -2.35. The van der Waals surface area contributed by atoms with Gasteiger partial charge in [-0.05, 0) is 37.5 Å². The molecular formula is C21H19Cl2N3O3. The number of rotatable bonds is 3. The molecule has 0 aliphatic carbocycles. The van der Waals surface area contributed by atoms with Crippen molar-refractivity contribution in [2.75, 3.05) is 6.61 Å². The summed E-state index contributed by atoms with van der Waals surface area (Å²) in [5.74, 6) is -0.363. The lowest BCUT2D eigenvalue weighted by molar-refractivity contribution is 0.0955. The van der Waals surface area contributed by atoms with Crippen LogP contribution in [-0.2, 0) is 11.3 Å². The Kier molecular flexibility index (Phi) is 5.30. The lowest BCUT2D eigenvalue weighted by Gasteiger charge is -2.28. The van der Waals surface area contributed by atoms with Gasteiger partial charge >= 0.3 is 0 Å². The first kappa shape index (κ1) is 19.8. The number of nitrogens with two attached hydrogens (primary N) is 1. The van der Waals surface area contributed by atoms with Crippen LogP contribution >= 0.6 is 23.2 Å². The third kappa shape index (κ3) is 3.51. The number of pyridine rings is 1. The van der Waals surface area contributed by atoms with Gasteiger partial charge in [0.2, 0.25) is 5.88 Å². The number of hydrogen-bond acceptors (Lipinski definition) is 5. The molecule has 0 saturated carbocycles. The minimum atomic E-state index is -0.692. The van der Waals surface area contributed by atoms with Crippen LogP contribution in [0.5, 0.6) is 5.75 Å². The maximum Gasteiger partial charge on any atom is 0.258 e. The van der Waals surface area contributed by atoms with E-state index in [2.05, 4.69) is 6.07 Å². The molecular weight excluding hydrogens is 413 g/mol. The summed E-state index contributed by atoms with van der Waals surface area (Å²) in [6, 6.07) is 8.89. The Bertz CT molecular complexity index is 1110. The Balaban J connectivity index is 1.90. The van der Waals surface area contributed by atoms with Gasteiger partial charge in [0.15, 0.2) is 0 Å². The van der Waals surface area contributed by atoms with E-state index in [0.717, 1.165) is 18.5 Å². The van der Waals surface area contributed by atoms with Crippen molar-refractivity contribution < 1.29 is 9.47 Å². The first-order chi connectivity index (χ1) is 13.9. The van der Waals surface area contributed by atoms with E-state index in [1.165, 1.54) is 0 Å². The largest absolute Gasteiger partial charge is 0.440 e. The number of allylic oxidation sites excluding steroid dienone is 1. The summed E-state index contributed by atoms with van der Waals surface area (Å²) in [6.07, 6.45) is 1.89. The van der Waals surface area contributed by atoms with E-state index in [9.17, 15) is 10.1 Å². The van der Waals surface area contributed by atoms with E-state index in [0.29, 0.717) is 40.1 Å². The number of ether oxygens (including phenoxy) is 2. The van der Waals surface area contributed by atoms with Crippen LogP contribution in [0.25, 0.3) is 0 Å². The second-order valence-corrected chi connectivity index (χ2v) is 8.03. The van der Waals surface area contributed by atoms with Crippen LogP contribution in [0.15, 0.2) is 40.5 Å². The van der Waals surface area contributed by atoms with E-state index >= 15 is 0 Å². The maximum absolute atomic E-state index is 13.5. The van der Waals surface area contributed by atoms with Crippen LogP contribution < -0.4 is 16.0 Å². The fraction of sp³-hybridized carbons (Fsp3) is 0.333. The van der Waals surface area contributed by atoms with Crippen molar-refractivity contribution in [3.63, 3.8) is 0 Å². The molecule has 8 heteroatoms. The molecule has 6 nitrogen and oxygen atoms in total. The Morgan fingerprint density at radius 3 is 2.76 bits per heavy atom. The molecule has 0 spiro atoms. The highest BCUT2D eigenvalue weighted by Crippen LogP contribution is 2.41. The lowest BCUT2D eigenvalue weighted by atomic mass is 9.84. The van der Waals surface area contributed by atoms with Gasteiger partial charge in [0.1, 0.15) is 17.4 Å². The smallest absolute Gasteiger partial charge is 0.258 e. The third-order valence-electron chi connectivity index (χ3n) is 5.38. The van der Waals surface area contributed by atoms with Gasteiger partial charge in [-0.15, -0.1) is 0 Å². The van der Waals surface area contributed by atoms with Crippen LogP contribution in [-0.4, -0.2) is 17.3 Å². The zero-order chi connectivity index (χ0) is 20.7. The van der Waals surface area contributed by atoms with Gasteiger partial charge in [0.05, 0.1) is 34.2 Å². The van der Waals surface area contributed by atoms with E-state index < -0.39 is 5.92 Å². The molecule has 1 saturated heterocycles. The van der Waals surface area contributed by atoms with Gasteiger partial charge in [-0.2, -0.15) is 5.26 Å². The predicted octanol–water partition coefficient (Wildman–Crippen LogP) is 3.86. The fourth-order valence-electron chi connectivity index (χ4n) is 3.93. The highest BCUT2D eigenvalue weighted by Gasteiger charge is 2.35. The number of aryl methyl sites for hydroxylation is 1. The van der Waals surface area contributed by atoms with E-state index in [1.807, 2.05) is 6.92 Å². The minimum absolute atomic E-state index is 0.00608. The number of nitriles is 1. The highest BCUT2D eigenvalue weighted by atomic mass is 35.5. The van der Waals surface area contributed by atoms with Gasteiger partial charge in [-0.3, -0.25) is 4.79 Å². The van der Waals surface area contributed by atoms with Gasteiger partial charge in [0.25, 0.3) is 5.56 Å². The Morgan fingerprint density at radius 1 is 1.31 bits per heavy atom. The van der Waals surface area contributed by atoms with Crippen molar-refractivity contribution >= 4 is 23.2 Å². The quantitative estimate of drug-likeness (QED) is 0.796. The van der Waals surface area contributed by atoms with Crippen molar-refractivity contribution in [2.24, 2.45) is 5.73 Å². The summed E-state index contributed by atoms with van der Waals surface area (Å²) in [5, 5.41) is 10.5. The topological polar surface area (TPSA) is 90.3 Å². The van der Waals surface area contributed by atoms with Gasteiger partial charge in [-0.1, -0.05) is 29.3 Å². The second kappa shape index (κ2) is 7.75. The predicted molar refractivity (Wildman–Crippen MR) is 110 cm³/mol. The molecule has 1 aromatic carbocycles. The Hall–Kier alpha value is -2.46. The van der Waals surface area contributed by atoms with Gasteiger partial charge < -0.3 is 19.8 Å². The van der Waals surface area contributed by atoms with E-state index in [-0.39, 0.29) is 23.1 Å². The number of halogens is 2. The molecule has 2 aliphatic heterocycles. The molecule has 2 aliphatic rings. The van der Waals surface area contributed by atoms with Crippen molar-refractivity contribution in [2.45, 2.75) is 38.3 Å². The summed E-state index contributed by atoms with van der Waals surface area (Å²) in [4.78, 5) is 13.5. The van der Waals surface area contributed by atoms with Crippen molar-refractivity contribution in [3.05, 3.63) is 72.9 Å². The molecule has 150 valence electrons. The number of hydrogen-bond donors (Lipinski definition) is 1. The van der Waals surface area contributed by atoms with Crippen LogP contribution in [0.2, 0.25) is 10.0 Å². The average molecular weight is 432 g/mol. The molecule has 29 heavy (non-hydrogen) atoms. The number of aromatic nitrogens is 1. The van der Waals surface area contributed by atoms with E-state index in [4.69, 9.17) is 38.4 Å². The molecule has 0 unspecified atom stereocenters. The SMILES string of the molecule is Cc1cc2c(c(=O)n1C[C@@H]1CCCO1)[C@H](c1ccc(Cl)c(Cl)c1)C(C#N)=C(N)O2. The molecule has 2 aromatic rings. The van der Waals surface area contributed by atoms with Gasteiger partial charge in [0, 0.05) is 18.4 Å². The highest BCUT2D eigenvalue weighted by molar-refractivity contribution is 6.42. The summed E-state index contributed by atoms with van der Waals surface area (Å²) in [6.45, 7) is 3.00. The number of nitrogens with zero attached hydrogens (tertiary/aromatic N) is 2. The molecule has 2 N–H and O–H groups in total. The normalized spacial score (nSPS) is 20.9. The molecule has 2 atom stereocenters. The van der Waals surface area contributed by atoms with E-state index in [1.54, 1.807) is 28.8 Å². The second-order valence-electron chi connectivity index (χ2n) is 7.21.